The molecule has 0 N–H and O–H groups in total. The van der Waals surface area contributed by atoms with Crippen LogP contribution in [0.4, 0.5) is 0 Å². The highest BCUT2D eigenvalue weighted by Gasteiger charge is 2.29. The molecule has 1 aliphatic rings. The lowest BCUT2D eigenvalue weighted by Crippen LogP contribution is -2.41. The predicted octanol–water partition coefficient (Wildman–Crippen LogP) is 2.57. The van der Waals surface area contributed by atoms with E-state index in [1.165, 1.54) is 0 Å². The molecule has 5 heteroatoms. The van der Waals surface area contributed by atoms with Crippen molar-refractivity contribution in [2.45, 2.75) is 24.9 Å². The molecule has 1 aromatic carbocycles. The van der Waals surface area contributed by atoms with Gasteiger partial charge in [-0.2, -0.15) is 0 Å². The Bertz CT molecular complexity index is 625. The van der Waals surface area contributed by atoms with E-state index in [4.69, 9.17) is 4.74 Å². The van der Waals surface area contributed by atoms with E-state index in [9.17, 15) is 4.79 Å². The van der Waals surface area contributed by atoms with E-state index in [2.05, 4.69) is 9.97 Å². The summed E-state index contributed by atoms with van der Waals surface area (Å²) in [7, 11) is 1.59. The maximum atomic E-state index is 12.7. The van der Waals surface area contributed by atoms with Crippen molar-refractivity contribution < 1.29 is 9.53 Å². The third kappa shape index (κ3) is 3.56. The Hall–Kier alpha value is -2.27. The smallest absolute Gasteiger partial charge is 0.256 e. The van der Waals surface area contributed by atoms with E-state index in [-0.39, 0.29) is 5.91 Å². The molecule has 1 aromatic heterocycles. The molecule has 1 unspecified atom stereocenters. The van der Waals surface area contributed by atoms with E-state index >= 15 is 0 Å². The summed E-state index contributed by atoms with van der Waals surface area (Å²) in [4.78, 5) is 22.9. The second-order valence-electron chi connectivity index (χ2n) is 5.76. The van der Waals surface area contributed by atoms with Crippen molar-refractivity contribution in [2.75, 3.05) is 20.2 Å². The molecule has 1 amide bonds. The van der Waals surface area contributed by atoms with Gasteiger partial charge in [-0.1, -0.05) is 30.3 Å². The van der Waals surface area contributed by atoms with E-state index < -0.39 is 6.10 Å². The van der Waals surface area contributed by atoms with Gasteiger partial charge in [-0.25, -0.2) is 9.97 Å². The third-order valence-electron chi connectivity index (χ3n) is 4.39. The molecule has 120 valence electrons. The van der Waals surface area contributed by atoms with Gasteiger partial charge in [0.15, 0.2) is 6.10 Å². The Labute approximate surface area is 136 Å². The molecule has 2 aromatic rings. The van der Waals surface area contributed by atoms with E-state index in [1.54, 1.807) is 19.6 Å². The molecule has 0 radical (unpaired) electrons. The first-order valence-electron chi connectivity index (χ1n) is 7.92. The van der Waals surface area contributed by atoms with Crippen LogP contribution >= 0.6 is 0 Å². The van der Waals surface area contributed by atoms with Crippen LogP contribution in [0.25, 0.3) is 0 Å². The molecule has 1 aliphatic heterocycles. The zero-order valence-electron chi connectivity index (χ0n) is 13.3. The van der Waals surface area contributed by atoms with Gasteiger partial charge in [-0.3, -0.25) is 4.79 Å². The van der Waals surface area contributed by atoms with Crippen LogP contribution in [0.5, 0.6) is 0 Å². The lowest BCUT2D eigenvalue weighted by atomic mass is 9.93. The van der Waals surface area contributed by atoms with Crippen LogP contribution < -0.4 is 0 Å². The number of amides is 1. The van der Waals surface area contributed by atoms with Crippen LogP contribution in [-0.2, 0) is 9.53 Å². The molecule has 1 saturated heterocycles. The normalized spacial score (nSPS) is 17.0. The Kier molecular flexibility index (Phi) is 4.98. The van der Waals surface area contributed by atoms with Crippen molar-refractivity contribution in [3.05, 3.63) is 60.2 Å². The van der Waals surface area contributed by atoms with Gasteiger partial charge < -0.3 is 9.64 Å². The molecular weight excluding hydrogens is 290 g/mol. The number of nitrogens with zero attached hydrogens (tertiary/aromatic N) is 3. The van der Waals surface area contributed by atoms with Gasteiger partial charge in [0.05, 0.1) is 0 Å². The molecule has 3 rings (SSSR count). The first kappa shape index (κ1) is 15.6. The Morgan fingerprint density at radius 2 is 1.96 bits per heavy atom. The summed E-state index contributed by atoms with van der Waals surface area (Å²) in [5, 5.41) is 0. The minimum atomic E-state index is -0.521. The maximum Gasteiger partial charge on any atom is 0.256 e. The Balaban J connectivity index is 1.64. The summed E-state index contributed by atoms with van der Waals surface area (Å²) >= 11 is 0. The molecule has 2 heterocycles. The average Bonchev–Trinajstić information content (AvgIpc) is 2.64. The first-order valence-corrected chi connectivity index (χ1v) is 7.92. The third-order valence-corrected chi connectivity index (χ3v) is 4.39. The fourth-order valence-corrected chi connectivity index (χ4v) is 3.11. The van der Waals surface area contributed by atoms with Crippen LogP contribution in [0.2, 0.25) is 0 Å². The van der Waals surface area contributed by atoms with Crippen molar-refractivity contribution >= 4 is 5.91 Å². The number of ether oxygens (including phenoxy) is 1. The zero-order chi connectivity index (χ0) is 16.1. The van der Waals surface area contributed by atoms with Crippen LogP contribution in [0, 0.1) is 0 Å². The van der Waals surface area contributed by atoms with Gasteiger partial charge in [0.2, 0.25) is 0 Å². The van der Waals surface area contributed by atoms with Gasteiger partial charge in [0.25, 0.3) is 5.91 Å². The highest BCUT2D eigenvalue weighted by Crippen LogP contribution is 2.28. The number of rotatable bonds is 4. The minimum absolute atomic E-state index is 0.0415. The van der Waals surface area contributed by atoms with Crippen molar-refractivity contribution in [3.8, 4) is 0 Å². The van der Waals surface area contributed by atoms with Gasteiger partial charge in [0, 0.05) is 38.0 Å². The number of piperidine rings is 1. The molecule has 1 fully saturated rings. The highest BCUT2D eigenvalue weighted by atomic mass is 16.5. The standard InChI is InChI=1S/C18H21N3O2/c1-23-17(15-5-3-2-4-6-15)18(22)21-11-8-14(9-12-21)16-7-10-19-13-20-16/h2-7,10,13-14,17H,8-9,11-12H2,1H3. The minimum Gasteiger partial charge on any atom is -0.367 e. The van der Waals surface area contributed by atoms with Crippen molar-refractivity contribution in [1.82, 2.24) is 14.9 Å². The highest BCUT2D eigenvalue weighted by molar-refractivity contribution is 5.82. The van der Waals surface area contributed by atoms with Crippen LogP contribution in [0.3, 0.4) is 0 Å². The summed E-state index contributed by atoms with van der Waals surface area (Å²) in [5.41, 5.74) is 1.97. The van der Waals surface area contributed by atoms with Crippen molar-refractivity contribution in [3.63, 3.8) is 0 Å². The molecule has 0 bridgehead atoms. The number of hydrogen-bond donors (Lipinski definition) is 0. The average molecular weight is 311 g/mol. The summed E-state index contributed by atoms with van der Waals surface area (Å²) < 4.78 is 5.45. The van der Waals surface area contributed by atoms with Crippen LogP contribution in [0.1, 0.15) is 36.1 Å². The Morgan fingerprint density at radius 3 is 2.57 bits per heavy atom. The van der Waals surface area contributed by atoms with Crippen molar-refractivity contribution in [2.24, 2.45) is 0 Å². The largest absolute Gasteiger partial charge is 0.367 e. The fourth-order valence-electron chi connectivity index (χ4n) is 3.11. The second-order valence-corrected chi connectivity index (χ2v) is 5.76. The van der Waals surface area contributed by atoms with E-state index in [0.29, 0.717) is 5.92 Å². The maximum absolute atomic E-state index is 12.7. The number of likely N-dealkylation sites (tertiary alicyclic amines) is 1. The van der Waals surface area contributed by atoms with Crippen molar-refractivity contribution in [1.29, 1.82) is 0 Å². The summed E-state index contributed by atoms with van der Waals surface area (Å²) in [6.07, 6.45) is 4.69. The number of carbonyl (C=O) groups is 1. The topological polar surface area (TPSA) is 55.3 Å². The SMILES string of the molecule is COC(C(=O)N1CCC(c2ccncn2)CC1)c1ccccc1. The summed E-state index contributed by atoms with van der Waals surface area (Å²) in [5.74, 6) is 0.444. The molecule has 23 heavy (non-hydrogen) atoms. The summed E-state index contributed by atoms with van der Waals surface area (Å²) in [6, 6.07) is 11.6. The van der Waals surface area contributed by atoms with Crippen LogP contribution in [-0.4, -0.2) is 41.0 Å². The molecule has 5 nitrogen and oxygen atoms in total. The number of carbonyl (C=O) groups excluding carboxylic acids is 1. The van der Waals surface area contributed by atoms with E-state index in [0.717, 1.165) is 37.2 Å². The number of hydrogen-bond acceptors (Lipinski definition) is 4. The summed E-state index contributed by atoms with van der Waals surface area (Å²) in [6.45, 7) is 1.47. The second kappa shape index (κ2) is 7.33. The zero-order valence-corrected chi connectivity index (χ0v) is 13.3. The monoisotopic (exact) mass is 311 g/mol. The lowest BCUT2D eigenvalue weighted by Gasteiger charge is -2.33. The molecule has 0 aliphatic carbocycles. The van der Waals surface area contributed by atoms with E-state index in [1.807, 2.05) is 41.3 Å². The molecule has 1 atom stereocenters. The van der Waals surface area contributed by atoms with Crippen LogP contribution in [0.15, 0.2) is 48.9 Å². The number of methoxy groups -OCH3 is 1. The first-order chi connectivity index (χ1) is 11.3. The number of aromatic nitrogens is 2. The van der Waals surface area contributed by atoms with Gasteiger partial charge in [-0.15, -0.1) is 0 Å². The molecule has 0 spiro atoms. The predicted molar refractivity (Wildman–Crippen MR) is 86.8 cm³/mol. The number of benzene rings is 1. The van der Waals surface area contributed by atoms with Gasteiger partial charge in [-0.05, 0) is 24.5 Å². The van der Waals surface area contributed by atoms with Gasteiger partial charge in [0.1, 0.15) is 6.33 Å². The van der Waals surface area contributed by atoms with Gasteiger partial charge >= 0.3 is 0 Å². The molecular formula is C18H21N3O2. The lowest BCUT2D eigenvalue weighted by molar-refractivity contribution is -0.143. The fraction of sp³-hybridized carbons (Fsp3) is 0.389. The quantitative estimate of drug-likeness (QED) is 0.871. The Morgan fingerprint density at radius 1 is 1.22 bits per heavy atom. The molecule has 0 saturated carbocycles.